The lowest BCUT2D eigenvalue weighted by Gasteiger charge is -2.38. The number of ether oxygens (including phenoxy) is 1. The maximum Gasteiger partial charge on any atom is 0.341 e. The Labute approximate surface area is 226 Å². The van der Waals surface area contributed by atoms with E-state index < -0.39 is 5.97 Å². The lowest BCUT2D eigenvalue weighted by Crippen LogP contribution is -2.25. The van der Waals surface area contributed by atoms with Gasteiger partial charge in [0, 0.05) is 5.75 Å². The van der Waals surface area contributed by atoms with E-state index in [0.29, 0.717) is 11.7 Å². The number of carbonyl (C=O) groups excluding carboxylic acids is 1. The third-order valence-electron chi connectivity index (χ3n) is 8.51. The smallest absolute Gasteiger partial charge is 0.341 e. The Bertz CT molecular complexity index is 766. The molecule has 2 saturated carbocycles. The summed E-state index contributed by atoms with van der Waals surface area (Å²) in [6, 6.07) is 7.91. The SMILES string of the molecule is C=C(CO)C(=O)Oc1ccc(C2CCC(C3CCC(CCCCCCCCSSO)CC3)CC2)cc1. The first-order valence-corrected chi connectivity index (χ1v) is 16.4. The normalized spacial score (nSPS) is 24.4. The summed E-state index contributed by atoms with van der Waals surface area (Å²) in [4.78, 5) is 11.8. The van der Waals surface area contributed by atoms with Crippen molar-refractivity contribution in [1.82, 2.24) is 0 Å². The maximum atomic E-state index is 11.8. The molecule has 0 bridgehead atoms. The number of aliphatic hydroxyl groups is 1. The fourth-order valence-corrected chi connectivity index (χ4v) is 7.24. The molecule has 0 heterocycles. The second-order valence-corrected chi connectivity index (χ2v) is 12.9. The number of hydrogen-bond donors (Lipinski definition) is 2. The van der Waals surface area contributed by atoms with Crippen LogP contribution in [-0.2, 0) is 4.79 Å². The summed E-state index contributed by atoms with van der Waals surface area (Å²) in [6.45, 7) is 3.13. The van der Waals surface area contributed by atoms with Crippen molar-refractivity contribution >= 4 is 27.8 Å². The first-order valence-electron chi connectivity index (χ1n) is 14.1. The highest BCUT2D eigenvalue weighted by molar-refractivity contribution is 8.74. The monoisotopic (exact) mass is 534 g/mol. The molecule has 6 heteroatoms. The number of benzene rings is 1. The van der Waals surface area contributed by atoms with Crippen LogP contribution in [0.15, 0.2) is 36.4 Å². The molecule has 0 atom stereocenters. The number of aliphatic hydroxyl groups excluding tert-OH is 1. The Morgan fingerprint density at radius 1 is 0.861 bits per heavy atom. The fourth-order valence-electron chi connectivity index (χ4n) is 6.26. The molecule has 2 aliphatic carbocycles. The molecule has 202 valence electrons. The molecule has 36 heavy (non-hydrogen) atoms. The van der Waals surface area contributed by atoms with Crippen LogP contribution in [0, 0.1) is 17.8 Å². The van der Waals surface area contributed by atoms with Crippen molar-refractivity contribution in [1.29, 1.82) is 0 Å². The molecule has 0 radical (unpaired) electrons. The van der Waals surface area contributed by atoms with Crippen LogP contribution in [0.3, 0.4) is 0 Å². The summed E-state index contributed by atoms with van der Waals surface area (Å²) >= 11 is 0.897. The molecule has 0 amide bonds. The van der Waals surface area contributed by atoms with Crippen molar-refractivity contribution in [3.05, 3.63) is 42.0 Å². The number of esters is 1. The number of rotatable bonds is 15. The molecular formula is C30H46O4S2. The average molecular weight is 535 g/mol. The van der Waals surface area contributed by atoms with E-state index in [4.69, 9.17) is 14.4 Å². The summed E-state index contributed by atoms with van der Waals surface area (Å²) in [5, 5.41) is 9.01. The molecule has 3 rings (SSSR count). The molecule has 1 aromatic rings. The zero-order valence-electron chi connectivity index (χ0n) is 21.9. The van der Waals surface area contributed by atoms with Gasteiger partial charge in [0.15, 0.2) is 0 Å². The molecule has 2 N–H and O–H groups in total. The van der Waals surface area contributed by atoms with Crippen molar-refractivity contribution in [3.63, 3.8) is 0 Å². The first-order chi connectivity index (χ1) is 17.6. The Morgan fingerprint density at radius 3 is 2.06 bits per heavy atom. The van der Waals surface area contributed by atoms with Crippen molar-refractivity contribution < 1.29 is 19.2 Å². The molecular weight excluding hydrogens is 488 g/mol. The topological polar surface area (TPSA) is 66.8 Å². The number of carbonyl (C=O) groups is 1. The molecule has 1 aromatic carbocycles. The Kier molecular flexibility index (Phi) is 13.8. The van der Waals surface area contributed by atoms with Gasteiger partial charge in [0.05, 0.1) is 23.3 Å². The van der Waals surface area contributed by atoms with E-state index in [1.807, 2.05) is 12.1 Å². The predicted molar refractivity (Wildman–Crippen MR) is 153 cm³/mol. The minimum absolute atomic E-state index is 0.0716. The van der Waals surface area contributed by atoms with Gasteiger partial charge >= 0.3 is 5.97 Å². The average Bonchev–Trinajstić information content (AvgIpc) is 2.92. The van der Waals surface area contributed by atoms with E-state index >= 15 is 0 Å². The van der Waals surface area contributed by atoms with Gasteiger partial charge in [-0.15, -0.1) is 0 Å². The zero-order valence-corrected chi connectivity index (χ0v) is 23.5. The van der Waals surface area contributed by atoms with Crippen molar-refractivity contribution in [2.45, 2.75) is 102 Å². The summed E-state index contributed by atoms with van der Waals surface area (Å²) in [5.74, 6) is 4.45. The van der Waals surface area contributed by atoms with Crippen LogP contribution < -0.4 is 4.74 Å². The second-order valence-electron chi connectivity index (χ2n) is 10.9. The van der Waals surface area contributed by atoms with Crippen LogP contribution in [0.4, 0.5) is 0 Å². The van der Waals surface area contributed by atoms with Crippen LogP contribution in [0.1, 0.15) is 108 Å². The van der Waals surface area contributed by atoms with Crippen LogP contribution >= 0.6 is 21.9 Å². The Morgan fingerprint density at radius 2 is 1.44 bits per heavy atom. The summed E-state index contributed by atoms with van der Waals surface area (Å²) in [5.41, 5.74) is 1.42. The summed E-state index contributed by atoms with van der Waals surface area (Å²) in [7, 11) is 1.56. The second kappa shape index (κ2) is 16.8. The third-order valence-corrected chi connectivity index (χ3v) is 9.89. The lowest BCUT2D eigenvalue weighted by molar-refractivity contribution is -0.130. The van der Waals surface area contributed by atoms with Crippen LogP contribution in [-0.4, -0.2) is 28.0 Å². The lowest BCUT2D eigenvalue weighted by atomic mass is 9.68. The van der Waals surface area contributed by atoms with Gasteiger partial charge in [-0.1, -0.05) is 80.9 Å². The predicted octanol–water partition coefficient (Wildman–Crippen LogP) is 8.81. The van der Waals surface area contributed by atoms with Crippen LogP contribution in [0.25, 0.3) is 0 Å². The Hall–Kier alpha value is -0.950. The van der Waals surface area contributed by atoms with Gasteiger partial charge in [-0.3, -0.25) is 0 Å². The molecule has 0 aliphatic heterocycles. The quantitative estimate of drug-likeness (QED) is 0.0585. The molecule has 2 fully saturated rings. The van der Waals surface area contributed by atoms with Gasteiger partial charge in [0.2, 0.25) is 0 Å². The van der Waals surface area contributed by atoms with Crippen molar-refractivity contribution in [3.8, 4) is 5.75 Å². The van der Waals surface area contributed by atoms with Gasteiger partial charge < -0.3 is 14.4 Å². The zero-order chi connectivity index (χ0) is 25.6. The van der Waals surface area contributed by atoms with E-state index in [2.05, 4.69) is 18.7 Å². The number of hydrogen-bond acceptors (Lipinski definition) is 6. The highest BCUT2D eigenvalue weighted by Gasteiger charge is 2.31. The van der Waals surface area contributed by atoms with Gasteiger partial charge in [0.1, 0.15) is 5.75 Å². The maximum absolute atomic E-state index is 11.8. The van der Waals surface area contributed by atoms with E-state index in [1.165, 1.54) is 102 Å². The minimum Gasteiger partial charge on any atom is -0.423 e. The Balaban J connectivity index is 1.27. The molecule has 2 aliphatic rings. The molecule has 0 spiro atoms. The molecule has 0 unspecified atom stereocenters. The van der Waals surface area contributed by atoms with Gasteiger partial charge in [0.25, 0.3) is 0 Å². The largest absolute Gasteiger partial charge is 0.423 e. The summed E-state index contributed by atoms with van der Waals surface area (Å²) < 4.78 is 14.0. The van der Waals surface area contributed by atoms with Gasteiger partial charge in [-0.05, 0) is 86.3 Å². The van der Waals surface area contributed by atoms with Crippen LogP contribution in [0.5, 0.6) is 5.75 Å². The molecule has 4 nitrogen and oxygen atoms in total. The van der Waals surface area contributed by atoms with E-state index in [1.54, 1.807) is 10.8 Å². The third kappa shape index (κ3) is 10.1. The van der Waals surface area contributed by atoms with Crippen molar-refractivity contribution in [2.24, 2.45) is 17.8 Å². The fraction of sp³-hybridized carbons (Fsp3) is 0.700. The van der Waals surface area contributed by atoms with E-state index in [9.17, 15) is 4.79 Å². The standard InChI is InChI=1S/C30H46O4S2/c1-23(22-31)30(32)34-29-19-17-28(18-20-29)27-15-13-26(14-16-27)25-11-9-24(10-12-25)8-6-4-2-3-5-7-21-35-36-33/h17-20,24-27,31,33H,1-16,21-22H2. The molecule has 0 saturated heterocycles. The highest BCUT2D eigenvalue weighted by Crippen LogP contribution is 2.44. The summed E-state index contributed by atoms with van der Waals surface area (Å²) in [6.07, 6.45) is 20.5. The minimum atomic E-state index is -0.569. The van der Waals surface area contributed by atoms with Gasteiger partial charge in [-0.2, -0.15) is 0 Å². The number of unbranched alkanes of at least 4 members (excludes halogenated alkanes) is 5. The molecule has 0 aromatic heterocycles. The van der Waals surface area contributed by atoms with Crippen molar-refractivity contribution in [2.75, 3.05) is 12.4 Å². The van der Waals surface area contributed by atoms with Gasteiger partial charge in [-0.25, -0.2) is 4.79 Å². The highest BCUT2D eigenvalue weighted by atomic mass is 33.1. The first kappa shape index (κ1) is 29.6. The van der Waals surface area contributed by atoms with Crippen LogP contribution in [0.2, 0.25) is 0 Å². The van der Waals surface area contributed by atoms with E-state index in [0.717, 1.165) is 34.6 Å². The van der Waals surface area contributed by atoms with E-state index in [-0.39, 0.29) is 12.2 Å².